The van der Waals surface area contributed by atoms with Crippen molar-refractivity contribution in [3.8, 4) is 0 Å². The van der Waals surface area contributed by atoms with Gasteiger partial charge in [-0.1, -0.05) is 43.3 Å². The van der Waals surface area contributed by atoms with E-state index >= 15 is 0 Å². The predicted octanol–water partition coefficient (Wildman–Crippen LogP) is 3.25. The van der Waals surface area contributed by atoms with E-state index in [2.05, 4.69) is 29.6 Å². The van der Waals surface area contributed by atoms with E-state index in [1.54, 1.807) is 0 Å². The zero-order valence-corrected chi connectivity index (χ0v) is 8.86. The largest absolute Gasteiger partial charge is 0.349 e. The van der Waals surface area contributed by atoms with Crippen LogP contribution >= 0.6 is 12.2 Å². The van der Waals surface area contributed by atoms with Gasteiger partial charge in [0.05, 0.1) is 4.99 Å². The van der Waals surface area contributed by atoms with Crippen LogP contribution in [-0.4, -0.2) is 4.99 Å². The molecule has 2 aliphatic rings. The van der Waals surface area contributed by atoms with E-state index in [0.29, 0.717) is 0 Å². The van der Waals surface area contributed by atoms with Gasteiger partial charge >= 0.3 is 0 Å². The van der Waals surface area contributed by atoms with Crippen LogP contribution in [0, 0.1) is 0 Å². The van der Waals surface area contributed by atoms with Crippen molar-refractivity contribution in [3.63, 3.8) is 0 Å². The van der Waals surface area contributed by atoms with Gasteiger partial charge in [-0.3, -0.25) is 0 Å². The van der Waals surface area contributed by atoms with Gasteiger partial charge in [-0.05, 0) is 24.5 Å². The molecule has 0 amide bonds. The molecule has 0 atom stereocenters. The topological polar surface area (TPSA) is 12.0 Å². The molecule has 0 aromatic heterocycles. The van der Waals surface area contributed by atoms with Crippen molar-refractivity contribution >= 4 is 22.9 Å². The molecule has 1 aromatic carbocycles. The molecule has 1 nitrogen and oxygen atoms in total. The lowest BCUT2D eigenvalue weighted by Crippen LogP contribution is -2.29. The van der Waals surface area contributed by atoms with Crippen molar-refractivity contribution in [1.82, 2.24) is 0 Å². The summed E-state index contributed by atoms with van der Waals surface area (Å²) in [6.07, 6.45) is 5.10. The Morgan fingerprint density at radius 3 is 2.64 bits per heavy atom. The summed E-state index contributed by atoms with van der Waals surface area (Å²) in [7, 11) is 0. The van der Waals surface area contributed by atoms with Gasteiger partial charge in [0.2, 0.25) is 0 Å². The summed E-state index contributed by atoms with van der Waals surface area (Å²) in [5.41, 5.74) is 2.87. The SMILES string of the molecule is S=C1Nc2ccccc2C12CCCC2. The third kappa shape index (κ3) is 0.921. The number of hydrogen-bond donors (Lipinski definition) is 1. The molecule has 1 aliphatic heterocycles. The number of fused-ring (bicyclic) bond motifs is 2. The first-order valence-electron chi connectivity index (χ1n) is 5.24. The van der Waals surface area contributed by atoms with Crippen LogP contribution in [0.4, 0.5) is 5.69 Å². The second-order valence-corrected chi connectivity index (χ2v) is 4.70. The van der Waals surface area contributed by atoms with E-state index in [4.69, 9.17) is 12.2 Å². The number of benzene rings is 1. The average molecular weight is 203 g/mol. The van der Waals surface area contributed by atoms with Crippen molar-refractivity contribution in [2.24, 2.45) is 0 Å². The van der Waals surface area contributed by atoms with Gasteiger partial charge < -0.3 is 5.32 Å². The molecule has 72 valence electrons. The number of rotatable bonds is 0. The molecule has 14 heavy (non-hydrogen) atoms. The minimum absolute atomic E-state index is 0.200. The highest BCUT2D eigenvalue weighted by molar-refractivity contribution is 7.80. The third-order valence-corrected chi connectivity index (χ3v) is 4.08. The zero-order valence-electron chi connectivity index (χ0n) is 8.05. The van der Waals surface area contributed by atoms with Crippen LogP contribution in [0.1, 0.15) is 31.2 Å². The fourth-order valence-electron chi connectivity index (χ4n) is 2.85. The van der Waals surface area contributed by atoms with Crippen LogP contribution in [0.5, 0.6) is 0 Å². The maximum atomic E-state index is 5.48. The van der Waals surface area contributed by atoms with Crippen LogP contribution in [0.3, 0.4) is 0 Å². The highest BCUT2D eigenvalue weighted by Crippen LogP contribution is 2.49. The molecule has 0 unspecified atom stereocenters. The van der Waals surface area contributed by atoms with E-state index in [1.165, 1.54) is 36.9 Å². The highest BCUT2D eigenvalue weighted by Gasteiger charge is 2.45. The molecule has 1 heterocycles. The van der Waals surface area contributed by atoms with Crippen LogP contribution in [0.2, 0.25) is 0 Å². The van der Waals surface area contributed by atoms with E-state index in [9.17, 15) is 0 Å². The Hall–Kier alpha value is -0.890. The zero-order chi connectivity index (χ0) is 9.60. The van der Waals surface area contributed by atoms with Gasteiger partial charge in [-0.25, -0.2) is 0 Å². The first-order valence-corrected chi connectivity index (χ1v) is 5.65. The molecule has 1 saturated carbocycles. The molecule has 1 aromatic rings. The highest BCUT2D eigenvalue weighted by atomic mass is 32.1. The summed E-state index contributed by atoms with van der Waals surface area (Å²) in [6.45, 7) is 0. The summed E-state index contributed by atoms with van der Waals surface area (Å²) in [5.74, 6) is 0. The summed E-state index contributed by atoms with van der Waals surface area (Å²) >= 11 is 5.48. The van der Waals surface area contributed by atoms with Gasteiger partial charge in [0, 0.05) is 11.1 Å². The van der Waals surface area contributed by atoms with Crippen molar-refractivity contribution in [1.29, 1.82) is 0 Å². The molecule has 1 N–H and O–H groups in total. The fourth-order valence-corrected chi connectivity index (χ4v) is 3.27. The van der Waals surface area contributed by atoms with Gasteiger partial charge in [-0.2, -0.15) is 0 Å². The summed E-state index contributed by atoms with van der Waals surface area (Å²) < 4.78 is 0. The Kier molecular flexibility index (Phi) is 1.68. The molecule has 3 rings (SSSR count). The second kappa shape index (κ2) is 2.80. The standard InChI is InChI=1S/C12H13NS/c14-11-12(7-3-4-8-12)9-5-1-2-6-10(9)13-11/h1-2,5-6H,3-4,7-8H2,(H,13,14). The Balaban J connectivity index is 2.18. The first kappa shape index (κ1) is 8.42. The number of para-hydroxylation sites is 1. The molecule has 1 aliphatic carbocycles. The summed E-state index contributed by atoms with van der Waals surface area (Å²) in [6, 6.07) is 8.55. The van der Waals surface area contributed by atoms with Crippen LogP contribution in [-0.2, 0) is 5.41 Å². The fraction of sp³-hybridized carbons (Fsp3) is 0.417. The first-order chi connectivity index (χ1) is 6.83. The lowest BCUT2D eigenvalue weighted by molar-refractivity contribution is 0.620. The predicted molar refractivity (Wildman–Crippen MR) is 62.8 cm³/mol. The van der Waals surface area contributed by atoms with Gasteiger partial charge in [0.1, 0.15) is 0 Å². The maximum Gasteiger partial charge on any atom is 0.0905 e. The normalized spacial score (nSPS) is 22.4. The molecular formula is C12H13NS. The smallest absolute Gasteiger partial charge is 0.0905 e. The number of nitrogens with one attached hydrogen (secondary N) is 1. The second-order valence-electron chi connectivity index (χ2n) is 4.29. The minimum atomic E-state index is 0.200. The third-order valence-electron chi connectivity index (χ3n) is 3.58. The monoisotopic (exact) mass is 203 g/mol. The molecule has 0 radical (unpaired) electrons. The number of anilines is 1. The van der Waals surface area contributed by atoms with Crippen molar-refractivity contribution in [2.45, 2.75) is 31.1 Å². The van der Waals surface area contributed by atoms with Crippen LogP contribution < -0.4 is 5.32 Å². The van der Waals surface area contributed by atoms with Crippen molar-refractivity contribution in [2.75, 3.05) is 5.32 Å². The minimum Gasteiger partial charge on any atom is -0.349 e. The van der Waals surface area contributed by atoms with Crippen LogP contribution in [0.25, 0.3) is 0 Å². The van der Waals surface area contributed by atoms with Crippen LogP contribution in [0.15, 0.2) is 24.3 Å². The lowest BCUT2D eigenvalue weighted by Gasteiger charge is -2.22. The Morgan fingerprint density at radius 2 is 1.86 bits per heavy atom. The summed E-state index contributed by atoms with van der Waals surface area (Å²) in [5, 5.41) is 3.36. The number of hydrogen-bond acceptors (Lipinski definition) is 1. The van der Waals surface area contributed by atoms with E-state index in [-0.39, 0.29) is 5.41 Å². The Morgan fingerprint density at radius 1 is 1.14 bits per heavy atom. The van der Waals surface area contributed by atoms with E-state index < -0.39 is 0 Å². The molecular weight excluding hydrogens is 190 g/mol. The Labute approximate surface area is 89.5 Å². The quantitative estimate of drug-likeness (QED) is 0.650. The van der Waals surface area contributed by atoms with Crippen molar-refractivity contribution in [3.05, 3.63) is 29.8 Å². The molecule has 1 spiro atoms. The van der Waals surface area contributed by atoms with E-state index in [1.807, 2.05) is 0 Å². The summed E-state index contributed by atoms with van der Waals surface area (Å²) in [4.78, 5) is 1.05. The van der Waals surface area contributed by atoms with Gasteiger partial charge in [0.15, 0.2) is 0 Å². The Bertz CT molecular complexity index is 391. The average Bonchev–Trinajstić information content (AvgIpc) is 2.77. The van der Waals surface area contributed by atoms with Crippen molar-refractivity contribution < 1.29 is 0 Å². The molecule has 0 bridgehead atoms. The van der Waals surface area contributed by atoms with Gasteiger partial charge in [-0.15, -0.1) is 0 Å². The number of thiocarbonyl (C=S) groups is 1. The maximum absolute atomic E-state index is 5.48. The van der Waals surface area contributed by atoms with E-state index in [0.717, 1.165) is 4.99 Å². The molecule has 1 fully saturated rings. The molecule has 2 heteroatoms. The lowest BCUT2D eigenvalue weighted by atomic mass is 9.81. The van der Waals surface area contributed by atoms with Gasteiger partial charge in [0.25, 0.3) is 0 Å². The molecule has 0 saturated heterocycles.